The Labute approximate surface area is 123 Å². The average molecular weight is 277 g/mol. The maximum absolute atomic E-state index is 11.6. The Hall–Kier alpha value is -2.68. The lowest BCUT2D eigenvalue weighted by Gasteiger charge is -2.12. The molecule has 3 rings (SSSR count). The number of Topliss-reactive ketones (excluding diaryl/α,β-unsaturated/α-hetero) is 1. The van der Waals surface area contributed by atoms with Crippen LogP contribution in [-0.2, 0) is 0 Å². The third-order valence-electron chi connectivity index (χ3n) is 3.53. The summed E-state index contributed by atoms with van der Waals surface area (Å²) >= 11 is 0. The van der Waals surface area contributed by atoms with E-state index in [-0.39, 0.29) is 5.78 Å². The van der Waals surface area contributed by atoms with E-state index in [2.05, 4.69) is 4.98 Å². The minimum atomic E-state index is 0.0344. The quantitative estimate of drug-likeness (QED) is 0.676. The smallest absolute Gasteiger partial charge is 0.159 e. The molecule has 0 N–H and O–H groups in total. The summed E-state index contributed by atoms with van der Waals surface area (Å²) in [5.41, 5.74) is 3.42. The highest BCUT2D eigenvalue weighted by molar-refractivity contribution is 5.99. The van der Waals surface area contributed by atoms with Gasteiger partial charge in [0.1, 0.15) is 5.75 Å². The van der Waals surface area contributed by atoms with Crippen LogP contribution >= 0.6 is 0 Å². The molecule has 0 aliphatic carbocycles. The van der Waals surface area contributed by atoms with Gasteiger partial charge in [-0.05, 0) is 31.2 Å². The van der Waals surface area contributed by atoms with E-state index < -0.39 is 0 Å². The van der Waals surface area contributed by atoms with Crippen molar-refractivity contribution in [1.29, 1.82) is 0 Å². The van der Waals surface area contributed by atoms with E-state index in [1.807, 2.05) is 42.5 Å². The first-order chi connectivity index (χ1) is 10.2. The van der Waals surface area contributed by atoms with Gasteiger partial charge in [0.2, 0.25) is 0 Å². The van der Waals surface area contributed by atoms with Crippen LogP contribution in [0.5, 0.6) is 5.75 Å². The molecule has 1 heterocycles. The summed E-state index contributed by atoms with van der Waals surface area (Å²) in [6.07, 6.45) is 1.77. The number of hydrogen-bond acceptors (Lipinski definition) is 3. The fourth-order valence-electron chi connectivity index (χ4n) is 2.46. The molecule has 104 valence electrons. The van der Waals surface area contributed by atoms with Crippen molar-refractivity contribution in [3.63, 3.8) is 0 Å². The number of nitrogens with zero attached hydrogens (tertiary/aromatic N) is 1. The number of ether oxygens (including phenoxy) is 1. The Morgan fingerprint density at radius 2 is 1.86 bits per heavy atom. The second-order valence-electron chi connectivity index (χ2n) is 4.85. The number of hydrogen-bond donors (Lipinski definition) is 0. The minimum absolute atomic E-state index is 0.0344. The summed E-state index contributed by atoms with van der Waals surface area (Å²) in [4.78, 5) is 16.1. The zero-order valence-corrected chi connectivity index (χ0v) is 12.0. The Morgan fingerprint density at radius 3 is 2.62 bits per heavy atom. The first-order valence-electron chi connectivity index (χ1n) is 6.74. The minimum Gasteiger partial charge on any atom is -0.496 e. The van der Waals surface area contributed by atoms with Gasteiger partial charge in [-0.15, -0.1) is 0 Å². The highest BCUT2D eigenvalue weighted by Gasteiger charge is 2.12. The van der Waals surface area contributed by atoms with E-state index in [1.165, 1.54) is 0 Å². The second-order valence-corrected chi connectivity index (χ2v) is 4.85. The molecule has 3 aromatic rings. The normalized spacial score (nSPS) is 10.6. The van der Waals surface area contributed by atoms with Gasteiger partial charge in [0.05, 0.1) is 12.6 Å². The molecule has 0 bridgehead atoms. The van der Waals surface area contributed by atoms with Crippen molar-refractivity contribution >= 4 is 16.7 Å². The van der Waals surface area contributed by atoms with Crippen LogP contribution < -0.4 is 4.74 Å². The number of carbonyl (C=O) groups excluding carboxylic acids is 1. The van der Waals surface area contributed by atoms with Crippen LogP contribution in [0.1, 0.15) is 17.3 Å². The lowest BCUT2D eigenvalue weighted by Crippen LogP contribution is -1.96. The topological polar surface area (TPSA) is 39.2 Å². The summed E-state index contributed by atoms with van der Waals surface area (Å²) in [6.45, 7) is 1.56. The van der Waals surface area contributed by atoms with Gasteiger partial charge in [0.15, 0.2) is 5.78 Å². The van der Waals surface area contributed by atoms with Crippen LogP contribution in [0.25, 0.3) is 22.0 Å². The third-order valence-corrected chi connectivity index (χ3v) is 3.53. The van der Waals surface area contributed by atoms with Crippen LogP contribution in [0, 0.1) is 0 Å². The molecule has 0 atom stereocenters. The molecule has 0 unspecified atom stereocenters. The SMILES string of the molecule is COc1ccc(C(C)=O)cc1-c1cccc2cccnc12. The number of rotatable bonds is 3. The van der Waals surface area contributed by atoms with Gasteiger partial charge in [-0.2, -0.15) is 0 Å². The molecule has 0 amide bonds. The van der Waals surface area contributed by atoms with Gasteiger partial charge < -0.3 is 4.74 Å². The number of methoxy groups -OCH3 is 1. The Bertz CT molecular complexity index is 819. The summed E-state index contributed by atoms with van der Waals surface area (Å²) in [7, 11) is 1.63. The number of benzene rings is 2. The van der Waals surface area contributed by atoms with Gasteiger partial charge in [0, 0.05) is 28.3 Å². The van der Waals surface area contributed by atoms with Crippen molar-refractivity contribution in [3.05, 3.63) is 60.3 Å². The lowest BCUT2D eigenvalue weighted by atomic mass is 9.98. The van der Waals surface area contributed by atoms with E-state index >= 15 is 0 Å². The number of fused-ring (bicyclic) bond motifs is 1. The summed E-state index contributed by atoms with van der Waals surface area (Å²) < 4.78 is 5.44. The number of para-hydroxylation sites is 1. The molecule has 0 saturated carbocycles. The first-order valence-corrected chi connectivity index (χ1v) is 6.74. The van der Waals surface area contributed by atoms with Crippen molar-refractivity contribution in [2.45, 2.75) is 6.92 Å². The molecule has 3 nitrogen and oxygen atoms in total. The van der Waals surface area contributed by atoms with E-state index in [0.717, 1.165) is 27.8 Å². The zero-order valence-electron chi connectivity index (χ0n) is 12.0. The predicted octanol–water partition coefficient (Wildman–Crippen LogP) is 4.11. The molecule has 0 radical (unpaired) electrons. The van der Waals surface area contributed by atoms with Crippen molar-refractivity contribution in [3.8, 4) is 16.9 Å². The van der Waals surface area contributed by atoms with Crippen LogP contribution in [0.4, 0.5) is 0 Å². The van der Waals surface area contributed by atoms with Crippen LogP contribution in [0.2, 0.25) is 0 Å². The highest BCUT2D eigenvalue weighted by Crippen LogP contribution is 2.34. The summed E-state index contributed by atoms with van der Waals surface area (Å²) in [5, 5.41) is 1.06. The Kier molecular flexibility index (Phi) is 3.40. The van der Waals surface area contributed by atoms with Gasteiger partial charge in [-0.25, -0.2) is 0 Å². The molecule has 0 spiro atoms. The van der Waals surface area contributed by atoms with Gasteiger partial charge in [0.25, 0.3) is 0 Å². The fourth-order valence-corrected chi connectivity index (χ4v) is 2.46. The molecule has 3 heteroatoms. The Balaban J connectivity index is 2.31. The van der Waals surface area contributed by atoms with Crippen molar-refractivity contribution < 1.29 is 9.53 Å². The Morgan fingerprint density at radius 1 is 1.05 bits per heavy atom. The molecule has 0 saturated heterocycles. The summed E-state index contributed by atoms with van der Waals surface area (Å²) in [5.74, 6) is 0.769. The van der Waals surface area contributed by atoms with Gasteiger partial charge >= 0.3 is 0 Å². The number of carbonyl (C=O) groups is 1. The molecular weight excluding hydrogens is 262 g/mol. The molecule has 0 aliphatic rings. The highest BCUT2D eigenvalue weighted by atomic mass is 16.5. The fraction of sp³-hybridized carbons (Fsp3) is 0.111. The summed E-state index contributed by atoms with van der Waals surface area (Å²) in [6, 6.07) is 15.4. The first kappa shape index (κ1) is 13.3. The number of ketones is 1. The van der Waals surface area contributed by atoms with Crippen LogP contribution in [0.3, 0.4) is 0 Å². The van der Waals surface area contributed by atoms with Gasteiger partial charge in [-0.3, -0.25) is 9.78 Å². The maximum atomic E-state index is 11.6. The average Bonchev–Trinajstić information content (AvgIpc) is 2.53. The second kappa shape index (κ2) is 5.37. The monoisotopic (exact) mass is 277 g/mol. The van der Waals surface area contributed by atoms with E-state index in [0.29, 0.717) is 5.56 Å². The number of pyridine rings is 1. The van der Waals surface area contributed by atoms with E-state index in [4.69, 9.17) is 4.74 Å². The maximum Gasteiger partial charge on any atom is 0.159 e. The largest absolute Gasteiger partial charge is 0.496 e. The lowest BCUT2D eigenvalue weighted by molar-refractivity contribution is 0.101. The molecule has 21 heavy (non-hydrogen) atoms. The molecule has 0 fully saturated rings. The van der Waals surface area contributed by atoms with Crippen molar-refractivity contribution in [2.75, 3.05) is 7.11 Å². The van der Waals surface area contributed by atoms with Gasteiger partial charge in [-0.1, -0.05) is 24.3 Å². The van der Waals surface area contributed by atoms with Crippen LogP contribution in [-0.4, -0.2) is 17.9 Å². The van der Waals surface area contributed by atoms with E-state index in [9.17, 15) is 4.79 Å². The van der Waals surface area contributed by atoms with E-state index in [1.54, 1.807) is 26.3 Å². The van der Waals surface area contributed by atoms with Crippen LogP contribution in [0.15, 0.2) is 54.7 Å². The number of aromatic nitrogens is 1. The molecule has 1 aromatic heterocycles. The predicted molar refractivity (Wildman–Crippen MR) is 83.7 cm³/mol. The van der Waals surface area contributed by atoms with Crippen molar-refractivity contribution in [2.24, 2.45) is 0 Å². The zero-order chi connectivity index (χ0) is 14.8. The van der Waals surface area contributed by atoms with Crippen molar-refractivity contribution in [1.82, 2.24) is 4.98 Å². The molecular formula is C18H15NO2. The molecule has 2 aromatic carbocycles. The molecule has 0 aliphatic heterocycles. The standard InChI is InChI=1S/C18H15NO2/c1-12(20)14-8-9-17(21-2)16(11-14)15-7-3-5-13-6-4-10-19-18(13)15/h3-11H,1-2H3. The third kappa shape index (κ3) is 2.38.